The molecular weight excluding hydrogens is 448 g/mol. The average molecular weight is 507 g/mol. The first-order valence-corrected chi connectivity index (χ1v) is 15.0. The second-order valence-corrected chi connectivity index (χ2v) is 15.7. The molecule has 4 aliphatic rings. The van der Waals surface area contributed by atoms with Gasteiger partial charge in [0.05, 0.1) is 23.4 Å². The van der Waals surface area contributed by atoms with E-state index in [2.05, 4.69) is 41.5 Å². The molecule has 0 amide bonds. The summed E-state index contributed by atoms with van der Waals surface area (Å²) < 4.78 is 12.3. The van der Waals surface area contributed by atoms with Gasteiger partial charge in [0.25, 0.3) is 0 Å². The number of hydrogen-bond acceptors (Lipinski definition) is 4. The number of aliphatic hydroxyl groups is 2. The summed E-state index contributed by atoms with van der Waals surface area (Å²) in [6, 6.07) is 0. The number of aliphatic hydroxyl groups excluding tert-OH is 1. The predicted octanol–water partition coefficient (Wildman–Crippen LogP) is 7.00. The molecule has 0 aromatic heterocycles. The SMILES string of the molecule is CO[C@H]1CC[C@]2(C)[C@H]3C[C@@H](O)[C@@H]4[C@@H]([C@@](C)(CCCC(C)(C)O)OC)CC[C@@]4(C)[C@]3(C)CC[C@H]2C1(C)C. The van der Waals surface area contributed by atoms with Crippen molar-refractivity contribution in [2.45, 2.75) is 143 Å². The molecule has 0 heterocycles. The van der Waals surface area contributed by atoms with Crippen LogP contribution in [0.3, 0.4) is 0 Å². The molecule has 36 heavy (non-hydrogen) atoms. The van der Waals surface area contributed by atoms with Crippen molar-refractivity contribution in [1.29, 1.82) is 0 Å². The lowest BCUT2D eigenvalue weighted by atomic mass is 9.35. The third kappa shape index (κ3) is 4.14. The molecule has 2 N–H and O–H groups in total. The molecule has 0 spiro atoms. The van der Waals surface area contributed by atoms with Crippen LogP contribution in [0, 0.1) is 45.3 Å². The zero-order valence-corrected chi connectivity index (χ0v) is 25.2. The van der Waals surface area contributed by atoms with Crippen molar-refractivity contribution in [3.05, 3.63) is 0 Å². The standard InChI is InChI=1S/C32H58O4/c1-27(2,34)15-11-16-32(8,36-10)21-12-18-31(7)26(21)22(33)20-24-29(5)17-14-25(35-9)28(3,4)23(29)13-19-30(24,31)6/h21-26,33-34H,11-20H2,1-10H3/t21-,22+,23-,24+,25-,26-,29-,30+,31+,32+/m0/s1. The Morgan fingerprint density at radius 3 is 2.06 bits per heavy atom. The van der Waals surface area contributed by atoms with Crippen LogP contribution in [0.1, 0.15) is 120 Å². The van der Waals surface area contributed by atoms with Gasteiger partial charge in [-0.3, -0.25) is 0 Å². The van der Waals surface area contributed by atoms with Crippen molar-refractivity contribution in [3.63, 3.8) is 0 Å². The highest BCUT2D eigenvalue weighted by atomic mass is 16.5. The molecule has 0 aliphatic heterocycles. The summed E-state index contributed by atoms with van der Waals surface area (Å²) in [7, 11) is 3.76. The van der Waals surface area contributed by atoms with Gasteiger partial charge in [-0.1, -0.05) is 34.6 Å². The average Bonchev–Trinajstić information content (AvgIpc) is 3.15. The maximum atomic E-state index is 12.0. The van der Waals surface area contributed by atoms with Gasteiger partial charge in [0.1, 0.15) is 0 Å². The Kier molecular flexibility index (Phi) is 7.37. The molecular formula is C32H58O4. The molecule has 0 aromatic rings. The van der Waals surface area contributed by atoms with Gasteiger partial charge >= 0.3 is 0 Å². The van der Waals surface area contributed by atoms with Gasteiger partial charge in [0, 0.05) is 14.2 Å². The van der Waals surface area contributed by atoms with Gasteiger partial charge in [-0.2, -0.15) is 0 Å². The van der Waals surface area contributed by atoms with Gasteiger partial charge < -0.3 is 19.7 Å². The first-order chi connectivity index (χ1) is 16.5. The van der Waals surface area contributed by atoms with E-state index in [1.807, 2.05) is 28.1 Å². The monoisotopic (exact) mass is 506 g/mol. The van der Waals surface area contributed by atoms with Crippen LogP contribution in [0.25, 0.3) is 0 Å². The minimum atomic E-state index is -0.645. The number of fused-ring (bicyclic) bond motifs is 5. The van der Waals surface area contributed by atoms with E-state index >= 15 is 0 Å². The van der Waals surface area contributed by atoms with Crippen molar-refractivity contribution >= 4 is 0 Å². The fraction of sp³-hybridized carbons (Fsp3) is 1.00. The zero-order chi connectivity index (χ0) is 26.9. The summed E-state index contributed by atoms with van der Waals surface area (Å²) in [5.41, 5.74) is -0.152. The van der Waals surface area contributed by atoms with Crippen molar-refractivity contribution < 1.29 is 19.7 Å². The first kappa shape index (κ1) is 28.8. The van der Waals surface area contributed by atoms with Gasteiger partial charge in [0.2, 0.25) is 0 Å². The number of methoxy groups -OCH3 is 2. The highest BCUT2D eigenvalue weighted by Gasteiger charge is 2.71. The summed E-state index contributed by atoms with van der Waals surface area (Å²) >= 11 is 0. The van der Waals surface area contributed by atoms with E-state index in [4.69, 9.17) is 9.47 Å². The molecule has 0 radical (unpaired) electrons. The molecule has 0 saturated heterocycles. The highest BCUT2D eigenvalue weighted by Crippen LogP contribution is 2.76. The molecule has 4 nitrogen and oxygen atoms in total. The summed E-state index contributed by atoms with van der Waals surface area (Å²) in [6.45, 7) is 18.7. The summed E-state index contributed by atoms with van der Waals surface area (Å²) in [5.74, 6) is 1.81. The van der Waals surface area contributed by atoms with E-state index in [9.17, 15) is 10.2 Å². The van der Waals surface area contributed by atoms with Crippen molar-refractivity contribution in [3.8, 4) is 0 Å². The van der Waals surface area contributed by atoms with Gasteiger partial charge in [-0.15, -0.1) is 0 Å². The molecule has 4 heteroatoms. The first-order valence-electron chi connectivity index (χ1n) is 15.0. The molecule has 210 valence electrons. The number of ether oxygens (including phenoxy) is 2. The topological polar surface area (TPSA) is 58.9 Å². The Morgan fingerprint density at radius 2 is 1.47 bits per heavy atom. The van der Waals surface area contributed by atoms with E-state index < -0.39 is 5.60 Å². The molecule has 0 bridgehead atoms. The van der Waals surface area contributed by atoms with Crippen LogP contribution in [0.5, 0.6) is 0 Å². The van der Waals surface area contributed by atoms with Gasteiger partial charge in [-0.25, -0.2) is 0 Å². The van der Waals surface area contributed by atoms with E-state index in [0.717, 1.165) is 38.5 Å². The van der Waals surface area contributed by atoms with Crippen LogP contribution >= 0.6 is 0 Å². The normalized spacial score (nSPS) is 48.0. The largest absolute Gasteiger partial charge is 0.393 e. The van der Waals surface area contributed by atoms with Crippen molar-refractivity contribution in [1.82, 2.24) is 0 Å². The maximum absolute atomic E-state index is 12.0. The molecule has 0 unspecified atom stereocenters. The maximum Gasteiger partial charge on any atom is 0.0682 e. The van der Waals surface area contributed by atoms with Crippen LogP contribution in [-0.4, -0.2) is 47.8 Å². The molecule has 4 fully saturated rings. The van der Waals surface area contributed by atoms with Crippen molar-refractivity contribution in [2.75, 3.05) is 14.2 Å². The minimum Gasteiger partial charge on any atom is -0.393 e. The molecule has 4 saturated carbocycles. The van der Waals surface area contributed by atoms with Crippen LogP contribution in [0.15, 0.2) is 0 Å². The van der Waals surface area contributed by atoms with Crippen molar-refractivity contribution in [2.24, 2.45) is 45.3 Å². The van der Waals surface area contributed by atoms with E-state index in [1.165, 1.54) is 25.7 Å². The Hall–Kier alpha value is -0.160. The fourth-order valence-electron chi connectivity index (χ4n) is 11.2. The third-order valence-electron chi connectivity index (χ3n) is 13.3. The van der Waals surface area contributed by atoms with Gasteiger partial charge in [0.15, 0.2) is 0 Å². The lowest BCUT2D eigenvalue weighted by molar-refractivity contribution is -0.249. The molecule has 0 aromatic carbocycles. The second kappa shape index (κ2) is 9.20. The lowest BCUT2D eigenvalue weighted by Gasteiger charge is -2.70. The van der Waals surface area contributed by atoms with E-state index in [1.54, 1.807) is 0 Å². The Bertz CT molecular complexity index is 802. The van der Waals surface area contributed by atoms with E-state index in [-0.39, 0.29) is 39.3 Å². The smallest absolute Gasteiger partial charge is 0.0682 e. The minimum absolute atomic E-state index is 0.117. The Labute approximate surface area is 222 Å². The summed E-state index contributed by atoms with van der Waals surface area (Å²) in [5, 5.41) is 22.3. The summed E-state index contributed by atoms with van der Waals surface area (Å²) in [6.07, 6.45) is 10.8. The van der Waals surface area contributed by atoms with Crippen LogP contribution in [0.2, 0.25) is 0 Å². The van der Waals surface area contributed by atoms with Gasteiger partial charge in [-0.05, 0) is 130 Å². The quantitative estimate of drug-likeness (QED) is 0.390. The van der Waals surface area contributed by atoms with Crippen LogP contribution in [0.4, 0.5) is 0 Å². The predicted molar refractivity (Wildman–Crippen MR) is 147 cm³/mol. The van der Waals surface area contributed by atoms with E-state index in [0.29, 0.717) is 23.9 Å². The van der Waals surface area contributed by atoms with Crippen LogP contribution in [-0.2, 0) is 9.47 Å². The summed E-state index contributed by atoms with van der Waals surface area (Å²) in [4.78, 5) is 0. The highest BCUT2D eigenvalue weighted by molar-refractivity contribution is 5.20. The fourth-order valence-corrected chi connectivity index (χ4v) is 11.2. The third-order valence-corrected chi connectivity index (χ3v) is 13.3. The molecule has 10 atom stereocenters. The Balaban J connectivity index is 1.64. The number of hydrogen-bond donors (Lipinski definition) is 2. The number of rotatable bonds is 7. The lowest BCUT2D eigenvalue weighted by Crippen LogP contribution is -2.66. The molecule has 4 rings (SSSR count). The van der Waals surface area contributed by atoms with Crippen LogP contribution < -0.4 is 0 Å². The molecule has 4 aliphatic carbocycles. The second-order valence-electron chi connectivity index (χ2n) is 15.7. The Morgan fingerprint density at radius 1 is 0.833 bits per heavy atom. The zero-order valence-electron chi connectivity index (χ0n) is 25.2.